The molecule has 186 valence electrons. The van der Waals surface area contributed by atoms with Crippen LogP contribution in [0.5, 0.6) is 5.75 Å². The maximum atomic E-state index is 6.43. The first kappa shape index (κ1) is 22.0. The van der Waals surface area contributed by atoms with Crippen molar-refractivity contribution in [2.75, 3.05) is 0 Å². The zero-order valence-electron chi connectivity index (χ0n) is 21.5. The molecule has 0 saturated heterocycles. The maximum Gasteiger partial charge on any atom is 0.159 e. The van der Waals surface area contributed by atoms with E-state index in [0.29, 0.717) is 0 Å². The molecule has 0 N–H and O–H groups in total. The van der Waals surface area contributed by atoms with E-state index in [1.54, 1.807) is 0 Å². The van der Waals surface area contributed by atoms with Gasteiger partial charge in [-0.25, -0.2) is 0 Å². The van der Waals surface area contributed by atoms with Crippen LogP contribution in [-0.4, -0.2) is 10.7 Å². The van der Waals surface area contributed by atoms with Crippen LogP contribution in [-0.2, 0) is 0 Å². The predicted octanol–water partition coefficient (Wildman–Crippen LogP) is 9.70. The number of rotatable bonds is 2. The van der Waals surface area contributed by atoms with Crippen LogP contribution in [0.15, 0.2) is 126 Å². The average molecular weight is 504 g/mol. The molecule has 0 saturated carbocycles. The summed E-state index contributed by atoms with van der Waals surface area (Å²) in [5.41, 5.74) is 9.44. The highest BCUT2D eigenvalue weighted by atomic mass is 16.5. The van der Waals surface area contributed by atoms with Crippen molar-refractivity contribution in [3.63, 3.8) is 0 Å². The molecule has 8 rings (SSSR count). The summed E-state index contributed by atoms with van der Waals surface area (Å²) in [7, 11) is 0. The zero-order chi connectivity index (χ0) is 26.1. The number of nitrogens with zero attached hydrogens (tertiary/aromatic N) is 1. The topological polar surface area (TPSA) is 27.3 Å². The van der Waals surface area contributed by atoms with Crippen LogP contribution in [0.25, 0.3) is 66.1 Å². The molecule has 39 heavy (non-hydrogen) atoms. The fourth-order valence-electron chi connectivity index (χ4n) is 5.96. The van der Waals surface area contributed by atoms with Crippen LogP contribution in [0.3, 0.4) is 0 Å². The molecule has 1 unspecified atom stereocenters. The summed E-state index contributed by atoms with van der Waals surface area (Å²) >= 11 is 0. The van der Waals surface area contributed by atoms with Gasteiger partial charge in [-0.2, -0.15) is 0 Å². The summed E-state index contributed by atoms with van der Waals surface area (Å²) in [6, 6.07) is 36.4. The minimum atomic E-state index is 0.0209. The van der Waals surface area contributed by atoms with Gasteiger partial charge in [0.1, 0.15) is 17.4 Å². The quantitative estimate of drug-likeness (QED) is 0.235. The number of furan rings is 1. The van der Waals surface area contributed by atoms with Crippen LogP contribution in [0.1, 0.15) is 12.5 Å². The zero-order valence-corrected chi connectivity index (χ0v) is 21.5. The Labute approximate surface area is 225 Å². The van der Waals surface area contributed by atoms with E-state index < -0.39 is 0 Å². The second-order valence-corrected chi connectivity index (χ2v) is 10.3. The molecular weight excluding hydrogens is 478 g/mol. The number of fused-ring (bicyclic) bond motifs is 7. The van der Waals surface area contributed by atoms with E-state index in [1.807, 2.05) is 25.1 Å². The SMILES string of the molecule is C=C1C=CC(C)Oc2ccc(-c3ccc4c(c3)c3ccccc3n4-c3cccc4c3oc3ccccc34)cc21. The van der Waals surface area contributed by atoms with Gasteiger partial charge in [-0.3, -0.25) is 0 Å². The lowest BCUT2D eigenvalue weighted by molar-refractivity contribution is 0.270. The van der Waals surface area contributed by atoms with E-state index in [-0.39, 0.29) is 6.10 Å². The normalized spacial score (nSPS) is 15.2. The molecule has 0 aliphatic carbocycles. The van der Waals surface area contributed by atoms with Gasteiger partial charge in [0.25, 0.3) is 0 Å². The van der Waals surface area contributed by atoms with Gasteiger partial charge < -0.3 is 13.7 Å². The average Bonchev–Trinajstić information content (AvgIpc) is 3.47. The highest BCUT2D eigenvalue weighted by Crippen LogP contribution is 2.40. The van der Waals surface area contributed by atoms with Crippen molar-refractivity contribution in [1.82, 2.24) is 4.57 Å². The molecule has 0 amide bonds. The summed E-state index contributed by atoms with van der Waals surface area (Å²) in [6.07, 6.45) is 4.12. The lowest BCUT2D eigenvalue weighted by Gasteiger charge is -2.14. The van der Waals surface area contributed by atoms with Crippen LogP contribution in [0.2, 0.25) is 0 Å². The van der Waals surface area contributed by atoms with Crippen LogP contribution < -0.4 is 4.74 Å². The van der Waals surface area contributed by atoms with Crippen molar-refractivity contribution < 1.29 is 9.15 Å². The number of benzene rings is 5. The smallest absolute Gasteiger partial charge is 0.159 e. The molecule has 3 heteroatoms. The fourth-order valence-corrected chi connectivity index (χ4v) is 5.96. The van der Waals surface area contributed by atoms with Crippen LogP contribution >= 0.6 is 0 Å². The summed E-state index contributed by atoms with van der Waals surface area (Å²) in [4.78, 5) is 0. The van der Waals surface area contributed by atoms with Gasteiger partial charge in [0, 0.05) is 27.1 Å². The van der Waals surface area contributed by atoms with Crippen molar-refractivity contribution in [2.24, 2.45) is 0 Å². The Morgan fingerprint density at radius 2 is 1.44 bits per heavy atom. The molecule has 5 aromatic carbocycles. The third-order valence-corrected chi connectivity index (χ3v) is 7.84. The maximum absolute atomic E-state index is 6.43. The van der Waals surface area contributed by atoms with Gasteiger partial charge in [0.05, 0.1) is 16.7 Å². The van der Waals surface area contributed by atoms with Crippen molar-refractivity contribution in [3.05, 3.63) is 127 Å². The molecule has 2 aromatic heterocycles. The van der Waals surface area contributed by atoms with E-state index in [2.05, 4.69) is 108 Å². The molecule has 1 aliphatic heterocycles. The Kier molecular flexibility index (Phi) is 4.65. The number of ether oxygens (including phenoxy) is 1. The van der Waals surface area contributed by atoms with E-state index in [4.69, 9.17) is 9.15 Å². The molecule has 0 spiro atoms. The lowest BCUT2D eigenvalue weighted by atomic mass is 9.97. The Hall–Kier alpha value is -5.02. The third-order valence-electron chi connectivity index (χ3n) is 7.84. The van der Waals surface area contributed by atoms with Crippen LogP contribution in [0.4, 0.5) is 0 Å². The molecule has 0 radical (unpaired) electrons. The second kappa shape index (κ2) is 8.24. The first-order valence-corrected chi connectivity index (χ1v) is 13.3. The molecule has 7 aromatic rings. The van der Waals surface area contributed by atoms with Crippen molar-refractivity contribution >= 4 is 49.3 Å². The highest BCUT2D eigenvalue weighted by molar-refractivity contribution is 6.13. The van der Waals surface area contributed by atoms with E-state index in [1.165, 1.54) is 10.8 Å². The largest absolute Gasteiger partial charge is 0.486 e. The monoisotopic (exact) mass is 503 g/mol. The molecule has 1 atom stereocenters. The molecule has 0 bridgehead atoms. The van der Waals surface area contributed by atoms with Gasteiger partial charge in [-0.1, -0.05) is 73.3 Å². The number of hydrogen-bond donors (Lipinski definition) is 0. The predicted molar refractivity (Wildman–Crippen MR) is 162 cm³/mol. The summed E-state index contributed by atoms with van der Waals surface area (Å²) in [6.45, 7) is 6.32. The number of aromatic nitrogens is 1. The third kappa shape index (κ3) is 3.30. The second-order valence-electron chi connectivity index (χ2n) is 10.3. The van der Waals surface area contributed by atoms with Crippen molar-refractivity contribution in [1.29, 1.82) is 0 Å². The van der Waals surface area contributed by atoms with Gasteiger partial charge in [-0.15, -0.1) is 0 Å². The molecule has 0 fully saturated rings. The number of para-hydroxylation sites is 3. The summed E-state index contributed by atoms with van der Waals surface area (Å²) < 4.78 is 14.9. The van der Waals surface area contributed by atoms with Crippen LogP contribution in [0, 0.1) is 0 Å². The molecule has 3 heterocycles. The molecule has 1 aliphatic rings. The van der Waals surface area contributed by atoms with Gasteiger partial charge in [0.15, 0.2) is 5.58 Å². The van der Waals surface area contributed by atoms with E-state index >= 15 is 0 Å². The first-order chi connectivity index (χ1) is 19.2. The first-order valence-electron chi connectivity index (χ1n) is 13.3. The minimum Gasteiger partial charge on any atom is -0.486 e. The minimum absolute atomic E-state index is 0.0209. The van der Waals surface area contributed by atoms with Crippen molar-refractivity contribution in [2.45, 2.75) is 13.0 Å². The molecule has 3 nitrogen and oxygen atoms in total. The Balaban J connectivity index is 1.36. The lowest BCUT2D eigenvalue weighted by Crippen LogP contribution is -2.07. The number of hydrogen-bond acceptors (Lipinski definition) is 2. The van der Waals surface area contributed by atoms with Crippen molar-refractivity contribution in [3.8, 4) is 22.6 Å². The summed E-state index contributed by atoms with van der Waals surface area (Å²) in [5.74, 6) is 0.873. The standard InChI is InChI=1S/C36H25NO2/c1-22-14-15-23(2)38-35-19-17-25(20-29(22)35)24-16-18-32-30(21-24)26-8-3-5-11-31(26)37(32)33-12-7-10-28-27-9-4-6-13-34(27)39-36(28)33/h3-21,23H,1H2,2H3. The highest BCUT2D eigenvalue weighted by Gasteiger charge is 2.19. The fraction of sp³-hybridized carbons (Fsp3) is 0.0556. The Morgan fingerprint density at radius 1 is 0.692 bits per heavy atom. The van der Waals surface area contributed by atoms with Gasteiger partial charge >= 0.3 is 0 Å². The Morgan fingerprint density at radius 3 is 2.36 bits per heavy atom. The van der Waals surface area contributed by atoms with E-state index in [9.17, 15) is 0 Å². The number of allylic oxidation sites excluding steroid dienone is 2. The molecular formula is C36H25NO2. The van der Waals surface area contributed by atoms with Gasteiger partial charge in [0.2, 0.25) is 0 Å². The van der Waals surface area contributed by atoms with E-state index in [0.717, 1.165) is 66.7 Å². The Bertz CT molecular complexity index is 2140. The van der Waals surface area contributed by atoms with Gasteiger partial charge in [-0.05, 0) is 72.2 Å². The summed E-state index contributed by atoms with van der Waals surface area (Å²) in [5, 5.41) is 4.67.